The van der Waals surface area contributed by atoms with E-state index in [2.05, 4.69) is 21.3 Å². The molecule has 1 aliphatic heterocycles. The number of hydrogen-bond donors (Lipinski definition) is 6. The van der Waals surface area contributed by atoms with Gasteiger partial charge in [-0.05, 0) is 61.4 Å². The number of hydroxylamine groups is 2. The molecule has 7 amide bonds. The first-order valence-electron chi connectivity index (χ1n) is 15.3. The average Bonchev–Trinajstić information content (AvgIpc) is 3.27. The summed E-state index contributed by atoms with van der Waals surface area (Å²) in [7, 11) is 0. The molecule has 14 nitrogen and oxygen atoms in total. The summed E-state index contributed by atoms with van der Waals surface area (Å²) in [6.45, 7) is 3.72. The Hall–Kier alpha value is -4.82. The van der Waals surface area contributed by atoms with Gasteiger partial charge in [-0.15, -0.1) is 5.06 Å². The molecule has 0 fully saturated rings. The van der Waals surface area contributed by atoms with Crippen LogP contribution >= 0.6 is 0 Å². The van der Waals surface area contributed by atoms with Crippen molar-refractivity contribution in [3.8, 4) is 0 Å². The normalized spacial score (nSPS) is 13.6. The summed E-state index contributed by atoms with van der Waals surface area (Å²) in [5.74, 6) is -2.65. The Morgan fingerprint density at radius 3 is 2.11 bits per heavy atom. The molecule has 3 rings (SSSR count). The number of benzene rings is 2. The van der Waals surface area contributed by atoms with Gasteiger partial charge in [-0.25, -0.2) is 4.79 Å². The number of primary amides is 1. The molecule has 0 unspecified atom stereocenters. The van der Waals surface area contributed by atoms with Gasteiger partial charge < -0.3 is 32.1 Å². The van der Waals surface area contributed by atoms with Crippen molar-refractivity contribution in [2.75, 3.05) is 18.5 Å². The maximum Gasteiger partial charge on any atom is 0.312 e. The maximum atomic E-state index is 13.3. The predicted molar refractivity (Wildman–Crippen MR) is 168 cm³/mol. The number of nitrogens with zero attached hydrogens (tertiary/aromatic N) is 1. The van der Waals surface area contributed by atoms with Crippen molar-refractivity contribution >= 4 is 41.3 Å². The fourth-order valence-corrected chi connectivity index (χ4v) is 4.76. The van der Waals surface area contributed by atoms with E-state index in [4.69, 9.17) is 10.6 Å². The zero-order valence-corrected chi connectivity index (χ0v) is 26.0. The van der Waals surface area contributed by atoms with Crippen LogP contribution in [0.15, 0.2) is 48.5 Å². The van der Waals surface area contributed by atoms with Crippen molar-refractivity contribution in [1.82, 2.24) is 21.0 Å². The number of fused-ring (bicyclic) bond motifs is 1. The molecule has 7 N–H and O–H groups in total. The van der Waals surface area contributed by atoms with Crippen LogP contribution < -0.4 is 27.0 Å². The molecular weight excluding hydrogens is 596 g/mol. The van der Waals surface area contributed by atoms with Crippen molar-refractivity contribution in [2.45, 2.75) is 71.1 Å². The summed E-state index contributed by atoms with van der Waals surface area (Å²) < 4.78 is 0. The summed E-state index contributed by atoms with van der Waals surface area (Å²) in [5, 5.41) is 20.7. The Bertz CT molecular complexity index is 1360. The van der Waals surface area contributed by atoms with Crippen LogP contribution in [0.1, 0.15) is 78.7 Å². The van der Waals surface area contributed by atoms with E-state index in [1.807, 2.05) is 0 Å². The zero-order chi connectivity index (χ0) is 33.6. The van der Waals surface area contributed by atoms with Gasteiger partial charge in [0, 0.05) is 18.7 Å². The van der Waals surface area contributed by atoms with E-state index in [-0.39, 0.29) is 44.4 Å². The van der Waals surface area contributed by atoms with Crippen LogP contribution in [-0.4, -0.2) is 71.0 Å². The first-order chi connectivity index (χ1) is 22.0. The minimum Gasteiger partial charge on any atom is -0.392 e. The van der Waals surface area contributed by atoms with E-state index < -0.39 is 41.7 Å². The number of carbonyl (C=O) groups is 6. The van der Waals surface area contributed by atoms with E-state index in [9.17, 15) is 33.9 Å². The average molecular weight is 639 g/mol. The van der Waals surface area contributed by atoms with Crippen LogP contribution in [0.2, 0.25) is 0 Å². The molecular formula is C32H42N6O8. The second-order valence-corrected chi connectivity index (χ2v) is 11.2. The Labute approximate surface area is 267 Å². The highest BCUT2D eigenvalue weighted by molar-refractivity contribution is 6.20. The van der Waals surface area contributed by atoms with Crippen LogP contribution in [0.4, 0.5) is 10.5 Å². The SMILES string of the molecule is CC(C)[C@H](NC(=O)CCCCCON1C(=O)c2ccccc2C1=O)C(=O)N[C@@H](CCCNC(N)=O)C(=O)Nc1ccc(CO)cc1. The molecule has 0 saturated heterocycles. The van der Waals surface area contributed by atoms with E-state index in [1.54, 1.807) is 62.4 Å². The van der Waals surface area contributed by atoms with Gasteiger partial charge in [-0.3, -0.25) is 28.8 Å². The number of anilines is 1. The van der Waals surface area contributed by atoms with Crippen molar-refractivity contribution < 1.29 is 38.7 Å². The number of rotatable bonds is 18. The molecule has 46 heavy (non-hydrogen) atoms. The third-order valence-corrected chi connectivity index (χ3v) is 7.30. The zero-order valence-electron chi connectivity index (χ0n) is 26.0. The lowest BCUT2D eigenvalue weighted by atomic mass is 10.0. The highest BCUT2D eigenvalue weighted by Gasteiger charge is 2.36. The van der Waals surface area contributed by atoms with Crippen LogP contribution in [0.25, 0.3) is 0 Å². The number of unbranched alkanes of at least 4 members (excludes halogenated alkanes) is 2. The Balaban J connectivity index is 1.47. The standard InChI is InChI=1S/C32H42N6O8/c1-20(2)27(37-26(40)12-4-3-7-18-46-38-30(43)23-9-5-6-10-24(23)31(38)44)29(42)36-25(11-8-17-34-32(33)45)28(41)35-22-15-13-21(19-39)14-16-22/h5-6,9-10,13-16,20,25,27,39H,3-4,7-8,11-12,17-19H2,1-2H3,(H,35,41)(H,36,42)(H,37,40)(H3,33,34,45)/t25-,27-/m0/s1. The molecule has 1 aliphatic rings. The van der Waals surface area contributed by atoms with E-state index in [0.29, 0.717) is 48.1 Å². The Morgan fingerprint density at radius 2 is 1.52 bits per heavy atom. The van der Waals surface area contributed by atoms with Gasteiger partial charge in [0.05, 0.1) is 24.3 Å². The number of aliphatic hydroxyl groups excluding tert-OH is 1. The van der Waals surface area contributed by atoms with Crippen LogP contribution in [0.5, 0.6) is 0 Å². The quantitative estimate of drug-likeness (QED) is 0.105. The molecule has 14 heteroatoms. The second kappa shape index (κ2) is 17.6. The van der Waals surface area contributed by atoms with Gasteiger partial charge in [0.1, 0.15) is 12.1 Å². The largest absolute Gasteiger partial charge is 0.392 e. The maximum absolute atomic E-state index is 13.3. The summed E-state index contributed by atoms with van der Waals surface area (Å²) in [5.41, 5.74) is 6.86. The molecule has 0 bridgehead atoms. The molecule has 0 aromatic heterocycles. The van der Waals surface area contributed by atoms with Crippen molar-refractivity contribution in [1.29, 1.82) is 0 Å². The Morgan fingerprint density at radius 1 is 0.870 bits per heavy atom. The molecule has 1 heterocycles. The number of hydrogen-bond acceptors (Lipinski definition) is 8. The number of urea groups is 1. The second-order valence-electron chi connectivity index (χ2n) is 11.2. The molecule has 2 atom stereocenters. The number of amides is 7. The summed E-state index contributed by atoms with van der Waals surface area (Å²) in [4.78, 5) is 80.3. The topological polar surface area (TPSA) is 209 Å². The van der Waals surface area contributed by atoms with Gasteiger partial charge in [-0.2, -0.15) is 0 Å². The first-order valence-corrected chi connectivity index (χ1v) is 15.3. The van der Waals surface area contributed by atoms with Crippen LogP contribution in [0, 0.1) is 5.92 Å². The summed E-state index contributed by atoms with van der Waals surface area (Å²) in [6, 6.07) is 10.5. The van der Waals surface area contributed by atoms with Gasteiger partial charge >= 0.3 is 6.03 Å². The number of nitrogens with one attached hydrogen (secondary N) is 4. The fourth-order valence-electron chi connectivity index (χ4n) is 4.76. The number of aliphatic hydroxyl groups is 1. The highest BCUT2D eigenvalue weighted by atomic mass is 16.7. The summed E-state index contributed by atoms with van der Waals surface area (Å²) in [6.07, 6.45) is 2.23. The third-order valence-electron chi connectivity index (χ3n) is 7.30. The lowest BCUT2D eigenvalue weighted by molar-refractivity contribution is -0.132. The minimum atomic E-state index is -0.972. The third kappa shape index (κ3) is 10.4. The van der Waals surface area contributed by atoms with Crippen LogP contribution in [0.3, 0.4) is 0 Å². The van der Waals surface area contributed by atoms with Gasteiger partial charge in [0.25, 0.3) is 11.8 Å². The Kier molecular flexibility index (Phi) is 13.7. The van der Waals surface area contributed by atoms with Crippen molar-refractivity contribution in [3.05, 3.63) is 65.2 Å². The lowest BCUT2D eigenvalue weighted by Crippen LogP contribution is -2.54. The first kappa shape index (κ1) is 35.7. The predicted octanol–water partition coefficient (Wildman–Crippen LogP) is 1.98. The molecule has 0 spiro atoms. The number of imide groups is 1. The molecule has 248 valence electrons. The number of nitrogens with two attached hydrogens (primary N) is 1. The van der Waals surface area contributed by atoms with Crippen LogP contribution in [-0.2, 0) is 25.8 Å². The lowest BCUT2D eigenvalue weighted by Gasteiger charge is -2.25. The minimum absolute atomic E-state index is 0.119. The van der Waals surface area contributed by atoms with Gasteiger partial charge in [0.15, 0.2) is 0 Å². The van der Waals surface area contributed by atoms with E-state index in [0.717, 1.165) is 5.06 Å². The number of carbonyl (C=O) groups excluding carboxylic acids is 6. The molecule has 2 aromatic rings. The summed E-state index contributed by atoms with van der Waals surface area (Å²) >= 11 is 0. The highest BCUT2D eigenvalue weighted by Crippen LogP contribution is 2.22. The molecule has 0 radical (unpaired) electrons. The molecule has 0 saturated carbocycles. The van der Waals surface area contributed by atoms with Gasteiger partial charge in [-0.1, -0.05) is 44.5 Å². The van der Waals surface area contributed by atoms with Gasteiger partial charge in [0.2, 0.25) is 17.7 Å². The van der Waals surface area contributed by atoms with Crippen molar-refractivity contribution in [2.24, 2.45) is 11.7 Å². The van der Waals surface area contributed by atoms with E-state index in [1.165, 1.54) is 0 Å². The smallest absolute Gasteiger partial charge is 0.312 e. The monoisotopic (exact) mass is 638 g/mol. The molecule has 2 aromatic carbocycles. The van der Waals surface area contributed by atoms with E-state index >= 15 is 0 Å². The fraction of sp³-hybridized carbons (Fsp3) is 0.438. The van der Waals surface area contributed by atoms with Crippen molar-refractivity contribution in [3.63, 3.8) is 0 Å². The molecule has 0 aliphatic carbocycles.